The van der Waals surface area contributed by atoms with Gasteiger partial charge >= 0.3 is 0 Å². The summed E-state index contributed by atoms with van der Waals surface area (Å²) in [5, 5.41) is 12.6. The molecule has 1 saturated heterocycles. The van der Waals surface area contributed by atoms with E-state index in [1.165, 1.54) is 0 Å². The zero-order valence-corrected chi connectivity index (χ0v) is 21.3. The summed E-state index contributed by atoms with van der Waals surface area (Å²) in [6, 6.07) is 10.2. The molecule has 5 rings (SSSR count). The lowest BCUT2D eigenvalue weighted by atomic mass is 10.1. The van der Waals surface area contributed by atoms with Gasteiger partial charge in [0.05, 0.1) is 25.0 Å². The number of rotatable bonds is 10. The summed E-state index contributed by atoms with van der Waals surface area (Å²) in [6.45, 7) is 11.5. The molecule has 10 heteroatoms. The third-order valence-corrected chi connectivity index (χ3v) is 6.69. The third-order valence-electron chi connectivity index (χ3n) is 6.69. The van der Waals surface area contributed by atoms with Crippen LogP contribution in [0.3, 0.4) is 0 Å². The zero-order chi connectivity index (χ0) is 24.9. The number of aromatic nitrogens is 6. The largest absolute Gasteiger partial charge is 0.383 e. The van der Waals surface area contributed by atoms with E-state index in [4.69, 9.17) is 14.7 Å². The smallest absolute Gasteiger partial charge is 0.227 e. The monoisotopic (exact) mass is 489 g/mol. The van der Waals surface area contributed by atoms with E-state index in [-0.39, 0.29) is 0 Å². The van der Waals surface area contributed by atoms with Gasteiger partial charge in [0.15, 0.2) is 5.65 Å². The summed E-state index contributed by atoms with van der Waals surface area (Å²) in [7, 11) is 1.76. The lowest BCUT2D eigenvalue weighted by Gasteiger charge is -2.34. The van der Waals surface area contributed by atoms with Crippen molar-refractivity contribution in [3.63, 3.8) is 0 Å². The van der Waals surface area contributed by atoms with Crippen LogP contribution in [0, 0.1) is 0 Å². The maximum absolute atomic E-state index is 5.23. The van der Waals surface area contributed by atoms with E-state index in [2.05, 4.69) is 51.3 Å². The van der Waals surface area contributed by atoms with Crippen molar-refractivity contribution in [2.75, 3.05) is 51.8 Å². The van der Waals surface area contributed by atoms with Crippen molar-refractivity contribution in [1.29, 1.82) is 0 Å². The Morgan fingerprint density at radius 1 is 1.00 bits per heavy atom. The van der Waals surface area contributed by atoms with Crippen LogP contribution in [-0.4, -0.2) is 85.6 Å². The molecule has 0 radical (unpaired) electrons. The Balaban J connectivity index is 1.37. The van der Waals surface area contributed by atoms with Crippen LogP contribution in [0.2, 0.25) is 0 Å². The first kappa shape index (κ1) is 24.4. The average Bonchev–Trinajstić information content (AvgIpc) is 3.58. The molecule has 1 aliphatic heterocycles. The number of nitrogens with zero attached hydrogens (tertiary/aromatic N) is 8. The molecule has 4 heterocycles. The van der Waals surface area contributed by atoms with Gasteiger partial charge in [-0.3, -0.25) is 9.80 Å². The summed E-state index contributed by atoms with van der Waals surface area (Å²) in [4.78, 5) is 14.8. The Morgan fingerprint density at radius 2 is 1.81 bits per heavy atom. The zero-order valence-electron chi connectivity index (χ0n) is 21.3. The fourth-order valence-corrected chi connectivity index (χ4v) is 4.59. The number of hydrogen-bond donors (Lipinski definition) is 1. The molecule has 0 aliphatic carbocycles. The Morgan fingerprint density at radius 3 is 2.56 bits per heavy atom. The number of piperazine rings is 1. The van der Waals surface area contributed by atoms with Crippen molar-refractivity contribution in [3.8, 4) is 5.69 Å². The van der Waals surface area contributed by atoms with Gasteiger partial charge in [-0.2, -0.15) is 19.7 Å². The Bertz CT molecular complexity index is 1260. The first-order chi connectivity index (χ1) is 17.6. The highest BCUT2D eigenvalue weighted by molar-refractivity contribution is 5.53. The van der Waals surface area contributed by atoms with Crippen molar-refractivity contribution < 1.29 is 4.74 Å². The highest BCUT2D eigenvalue weighted by Crippen LogP contribution is 2.22. The van der Waals surface area contributed by atoms with Crippen molar-refractivity contribution >= 4 is 11.6 Å². The maximum Gasteiger partial charge on any atom is 0.227 e. The molecule has 4 aromatic rings. The van der Waals surface area contributed by atoms with Gasteiger partial charge in [0, 0.05) is 64.3 Å². The average molecular weight is 490 g/mol. The summed E-state index contributed by atoms with van der Waals surface area (Å²) < 4.78 is 8.95. The SMILES string of the molecule is COCCN1CCN(Cc2nc(NCc3ccccc3-n3cccn3)n3ncc(C(C)C)c3n2)CC1. The first-order valence-electron chi connectivity index (χ1n) is 12.6. The molecule has 3 aromatic heterocycles. The van der Waals surface area contributed by atoms with Crippen molar-refractivity contribution in [1.82, 2.24) is 39.2 Å². The minimum atomic E-state index is 0.322. The van der Waals surface area contributed by atoms with E-state index in [1.54, 1.807) is 13.3 Å². The molecule has 190 valence electrons. The fourth-order valence-electron chi connectivity index (χ4n) is 4.59. The van der Waals surface area contributed by atoms with Crippen LogP contribution in [0.15, 0.2) is 48.9 Å². The van der Waals surface area contributed by atoms with E-state index < -0.39 is 0 Å². The van der Waals surface area contributed by atoms with Gasteiger partial charge in [-0.25, -0.2) is 9.67 Å². The summed E-state index contributed by atoms with van der Waals surface area (Å²) in [6.07, 6.45) is 5.66. The Hall–Kier alpha value is -3.34. The predicted octanol–water partition coefficient (Wildman–Crippen LogP) is 2.81. The van der Waals surface area contributed by atoms with E-state index in [1.807, 2.05) is 39.8 Å². The normalized spacial score (nSPS) is 15.2. The highest BCUT2D eigenvalue weighted by atomic mass is 16.5. The van der Waals surface area contributed by atoms with E-state index in [0.717, 1.165) is 74.2 Å². The summed E-state index contributed by atoms with van der Waals surface area (Å²) >= 11 is 0. The number of anilines is 1. The van der Waals surface area contributed by atoms with Crippen LogP contribution in [0.1, 0.15) is 36.7 Å². The molecule has 0 spiro atoms. The van der Waals surface area contributed by atoms with Gasteiger partial charge in [-0.05, 0) is 23.6 Å². The molecular formula is C26H35N9O. The molecule has 1 N–H and O–H groups in total. The Labute approximate surface area is 211 Å². The van der Waals surface area contributed by atoms with E-state index in [9.17, 15) is 0 Å². The Kier molecular flexibility index (Phi) is 7.55. The molecule has 0 amide bonds. The maximum atomic E-state index is 5.23. The topological polar surface area (TPSA) is 88.6 Å². The van der Waals surface area contributed by atoms with E-state index in [0.29, 0.717) is 18.4 Å². The molecule has 0 unspecified atom stereocenters. The molecule has 10 nitrogen and oxygen atoms in total. The molecule has 0 bridgehead atoms. The van der Waals surface area contributed by atoms with Gasteiger partial charge in [-0.15, -0.1) is 0 Å². The number of para-hydroxylation sites is 1. The second kappa shape index (κ2) is 11.2. The number of hydrogen-bond acceptors (Lipinski definition) is 8. The minimum Gasteiger partial charge on any atom is -0.383 e. The highest BCUT2D eigenvalue weighted by Gasteiger charge is 2.20. The quantitative estimate of drug-likeness (QED) is 0.364. The predicted molar refractivity (Wildman–Crippen MR) is 139 cm³/mol. The van der Waals surface area contributed by atoms with E-state index >= 15 is 0 Å². The standard InChI is InChI=1S/C26H35N9O/c1-20(2)22-18-29-35-25(22)30-24(19-33-13-11-32(12-14-33)15-16-36-3)31-26(35)27-17-21-7-4-5-8-23(21)34-10-6-9-28-34/h4-10,18,20H,11-17,19H2,1-3H3,(H,27,30,31). The van der Waals surface area contributed by atoms with Gasteiger partial charge in [0.2, 0.25) is 5.95 Å². The van der Waals surface area contributed by atoms with Crippen LogP contribution in [-0.2, 0) is 17.8 Å². The molecule has 1 aliphatic rings. The van der Waals surface area contributed by atoms with Gasteiger partial charge in [0.25, 0.3) is 0 Å². The second-order valence-corrected chi connectivity index (χ2v) is 9.50. The molecule has 0 atom stereocenters. The molecule has 1 aromatic carbocycles. The van der Waals surface area contributed by atoms with Crippen LogP contribution in [0.5, 0.6) is 0 Å². The van der Waals surface area contributed by atoms with Crippen molar-refractivity contribution in [2.45, 2.75) is 32.9 Å². The van der Waals surface area contributed by atoms with Crippen molar-refractivity contribution in [2.24, 2.45) is 0 Å². The lowest BCUT2D eigenvalue weighted by molar-refractivity contribution is 0.0926. The van der Waals surface area contributed by atoms with Crippen LogP contribution in [0.4, 0.5) is 5.95 Å². The number of methoxy groups -OCH3 is 1. The number of ether oxygens (including phenoxy) is 1. The third kappa shape index (κ3) is 5.40. The van der Waals surface area contributed by atoms with Crippen LogP contribution >= 0.6 is 0 Å². The van der Waals surface area contributed by atoms with Gasteiger partial charge in [0.1, 0.15) is 5.82 Å². The number of fused-ring (bicyclic) bond motifs is 1. The second-order valence-electron chi connectivity index (χ2n) is 9.50. The first-order valence-corrected chi connectivity index (χ1v) is 12.6. The minimum absolute atomic E-state index is 0.322. The molecular weight excluding hydrogens is 454 g/mol. The molecule has 1 fully saturated rings. The van der Waals surface area contributed by atoms with Crippen LogP contribution < -0.4 is 5.32 Å². The molecule has 0 saturated carbocycles. The van der Waals surface area contributed by atoms with Gasteiger partial charge < -0.3 is 10.1 Å². The lowest BCUT2D eigenvalue weighted by Crippen LogP contribution is -2.47. The van der Waals surface area contributed by atoms with Crippen molar-refractivity contribution in [3.05, 3.63) is 65.9 Å². The number of benzene rings is 1. The van der Waals surface area contributed by atoms with Crippen LogP contribution in [0.25, 0.3) is 11.3 Å². The fraction of sp³-hybridized carbons (Fsp3) is 0.462. The molecule has 36 heavy (non-hydrogen) atoms. The number of nitrogens with one attached hydrogen (secondary N) is 1. The summed E-state index contributed by atoms with van der Waals surface area (Å²) in [5.41, 5.74) is 4.16. The summed E-state index contributed by atoms with van der Waals surface area (Å²) in [5.74, 6) is 1.84. The van der Waals surface area contributed by atoms with Gasteiger partial charge in [-0.1, -0.05) is 32.0 Å².